The molecule has 1 amide bonds. The van der Waals surface area contributed by atoms with Crippen molar-refractivity contribution in [3.8, 4) is 0 Å². The number of aliphatic hydroxyl groups is 1. The maximum atomic E-state index is 12.8. The van der Waals surface area contributed by atoms with Crippen LogP contribution in [-0.4, -0.2) is 87.3 Å². The lowest BCUT2D eigenvalue weighted by Crippen LogP contribution is -2.53. The fourth-order valence-corrected chi connectivity index (χ4v) is 3.78. The molecule has 1 aromatic heterocycles. The fourth-order valence-electron chi connectivity index (χ4n) is 3.78. The number of carbonyl (C=O) groups excluding carboxylic acids is 1. The van der Waals surface area contributed by atoms with Crippen LogP contribution in [0.1, 0.15) is 12.8 Å². The minimum atomic E-state index is -1.03. The number of carbonyl (C=O) groups is 1. The maximum absolute atomic E-state index is 12.8. The van der Waals surface area contributed by atoms with E-state index in [9.17, 15) is 9.90 Å². The summed E-state index contributed by atoms with van der Waals surface area (Å²) in [5.41, 5.74) is 0.508. The first kappa shape index (κ1) is 17.4. The van der Waals surface area contributed by atoms with E-state index in [-0.39, 0.29) is 25.6 Å². The van der Waals surface area contributed by atoms with Gasteiger partial charge >= 0.3 is 0 Å². The molecule has 0 bridgehead atoms. The molecular weight excluding hydrogens is 334 g/mol. The molecule has 1 N–H and O–H groups in total. The van der Waals surface area contributed by atoms with Gasteiger partial charge in [0.1, 0.15) is 23.2 Å². The molecule has 26 heavy (non-hydrogen) atoms. The molecule has 2 saturated heterocycles. The second kappa shape index (κ2) is 7.30. The van der Waals surface area contributed by atoms with E-state index in [0.717, 1.165) is 37.0 Å². The predicted octanol–water partition coefficient (Wildman–Crippen LogP) is 0.117. The Morgan fingerprint density at radius 3 is 2.54 bits per heavy atom. The van der Waals surface area contributed by atoms with Crippen LogP contribution in [0, 0.1) is 0 Å². The highest BCUT2D eigenvalue weighted by Gasteiger charge is 2.36. The second-order valence-electron chi connectivity index (χ2n) is 7.29. The van der Waals surface area contributed by atoms with Gasteiger partial charge in [-0.25, -0.2) is 0 Å². The molecule has 0 radical (unpaired) electrons. The molecule has 2 aromatic rings. The molecule has 2 aliphatic rings. The van der Waals surface area contributed by atoms with E-state index in [1.54, 1.807) is 4.90 Å². The Hall–Kier alpha value is -2.03. The van der Waals surface area contributed by atoms with Crippen LogP contribution in [0.25, 0.3) is 11.0 Å². The van der Waals surface area contributed by atoms with E-state index in [0.29, 0.717) is 19.7 Å². The van der Waals surface area contributed by atoms with Gasteiger partial charge in [0.25, 0.3) is 0 Å². The molecule has 0 saturated carbocycles. The van der Waals surface area contributed by atoms with Gasteiger partial charge in [-0.05, 0) is 38.1 Å². The highest BCUT2D eigenvalue weighted by molar-refractivity contribution is 5.77. The highest BCUT2D eigenvalue weighted by Crippen LogP contribution is 2.18. The van der Waals surface area contributed by atoms with Crippen molar-refractivity contribution in [3.63, 3.8) is 0 Å². The first-order valence-corrected chi connectivity index (χ1v) is 9.21. The molecule has 0 spiro atoms. The van der Waals surface area contributed by atoms with Gasteiger partial charge in [0.2, 0.25) is 5.91 Å². The number of rotatable bonds is 4. The third-order valence-corrected chi connectivity index (χ3v) is 5.04. The van der Waals surface area contributed by atoms with Gasteiger partial charge in [0, 0.05) is 13.1 Å². The molecule has 1 aromatic carbocycles. The number of hydrogen-bond acceptors (Lipinski definition) is 6. The summed E-state index contributed by atoms with van der Waals surface area (Å²) in [5.74, 6) is -0.101. The van der Waals surface area contributed by atoms with E-state index < -0.39 is 5.60 Å². The number of benzene rings is 1. The van der Waals surface area contributed by atoms with Gasteiger partial charge in [0.05, 0.1) is 19.8 Å². The van der Waals surface area contributed by atoms with Crippen LogP contribution in [-0.2, 0) is 16.1 Å². The Bertz CT molecular complexity index is 740. The third kappa shape index (κ3) is 3.87. The minimum Gasteiger partial charge on any atom is -0.384 e. The summed E-state index contributed by atoms with van der Waals surface area (Å²) in [6.07, 6.45) is 2.33. The van der Waals surface area contributed by atoms with E-state index in [4.69, 9.17) is 4.74 Å². The number of amides is 1. The monoisotopic (exact) mass is 359 g/mol. The molecule has 8 heteroatoms. The average molecular weight is 359 g/mol. The van der Waals surface area contributed by atoms with E-state index in [2.05, 4.69) is 15.1 Å². The van der Waals surface area contributed by atoms with Crippen molar-refractivity contribution in [3.05, 3.63) is 24.3 Å². The minimum absolute atomic E-state index is 0.0640. The van der Waals surface area contributed by atoms with Crippen molar-refractivity contribution in [2.75, 3.05) is 45.9 Å². The van der Waals surface area contributed by atoms with Crippen LogP contribution in [0.4, 0.5) is 0 Å². The Labute approximate surface area is 152 Å². The topological polar surface area (TPSA) is 83.7 Å². The maximum Gasteiger partial charge on any atom is 0.246 e. The van der Waals surface area contributed by atoms with Crippen molar-refractivity contribution < 1.29 is 14.6 Å². The molecule has 4 rings (SSSR count). The van der Waals surface area contributed by atoms with Crippen molar-refractivity contribution in [2.24, 2.45) is 0 Å². The number of β-amino-alcohol motifs (C(OH)–C–C–N with tert-alkyl or cyclic N) is 1. The standard InChI is InChI=1S/C18H25N5O3/c24-17(11-23-19-15-5-1-2-6-16(15)20-23)22-9-10-26-14-18(25,13-22)12-21-7-3-4-8-21/h1-2,5-6,25H,3-4,7-14H2. The van der Waals surface area contributed by atoms with Crippen LogP contribution < -0.4 is 0 Å². The molecule has 2 fully saturated rings. The fraction of sp³-hybridized carbons (Fsp3) is 0.611. The van der Waals surface area contributed by atoms with Crippen LogP contribution in [0.15, 0.2) is 24.3 Å². The van der Waals surface area contributed by atoms with Crippen molar-refractivity contribution in [1.82, 2.24) is 24.8 Å². The van der Waals surface area contributed by atoms with Crippen LogP contribution in [0.5, 0.6) is 0 Å². The average Bonchev–Trinajstić information content (AvgIpc) is 3.21. The van der Waals surface area contributed by atoms with Gasteiger partial charge in [-0.2, -0.15) is 15.0 Å². The van der Waals surface area contributed by atoms with Crippen molar-refractivity contribution in [1.29, 1.82) is 0 Å². The van der Waals surface area contributed by atoms with Gasteiger partial charge < -0.3 is 19.6 Å². The van der Waals surface area contributed by atoms with Gasteiger partial charge in [-0.15, -0.1) is 0 Å². The largest absolute Gasteiger partial charge is 0.384 e. The zero-order valence-corrected chi connectivity index (χ0v) is 14.9. The smallest absolute Gasteiger partial charge is 0.246 e. The van der Waals surface area contributed by atoms with Crippen molar-refractivity contribution in [2.45, 2.75) is 25.0 Å². The molecule has 0 aliphatic carbocycles. The van der Waals surface area contributed by atoms with E-state index in [1.165, 1.54) is 4.80 Å². The predicted molar refractivity (Wildman–Crippen MR) is 95.6 cm³/mol. The van der Waals surface area contributed by atoms with Gasteiger partial charge in [0.15, 0.2) is 0 Å². The number of ether oxygens (including phenoxy) is 1. The molecule has 8 nitrogen and oxygen atoms in total. The summed E-state index contributed by atoms with van der Waals surface area (Å²) in [7, 11) is 0. The molecule has 2 aliphatic heterocycles. The third-order valence-electron chi connectivity index (χ3n) is 5.04. The summed E-state index contributed by atoms with van der Waals surface area (Å²) in [6, 6.07) is 7.54. The van der Waals surface area contributed by atoms with Crippen LogP contribution >= 0.6 is 0 Å². The zero-order valence-electron chi connectivity index (χ0n) is 14.9. The Morgan fingerprint density at radius 2 is 1.85 bits per heavy atom. The van der Waals surface area contributed by atoms with Gasteiger partial charge in [-0.3, -0.25) is 4.79 Å². The summed E-state index contributed by atoms with van der Waals surface area (Å²) in [4.78, 5) is 18.1. The Balaban J connectivity index is 1.43. The first-order valence-electron chi connectivity index (χ1n) is 9.21. The van der Waals surface area contributed by atoms with Crippen LogP contribution in [0.2, 0.25) is 0 Å². The molecule has 1 unspecified atom stereocenters. The molecular formula is C18H25N5O3. The Morgan fingerprint density at radius 1 is 1.15 bits per heavy atom. The lowest BCUT2D eigenvalue weighted by molar-refractivity contribution is -0.135. The number of aromatic nitrogens is 3. The zero-order chi connectivity index (χ0) is 18.0. The second-order valence-corrected chi connectivity index (χ2v) is 7.29. The summed E-state index contributed by atoms with van der Waals surface area (Å²) in [6.45, 7) is 4.06. The summed E-state index contributed by atoms with van der Waals surface area (Å²) >= 11 is 0. The lowest BCUT2D eigenvalue weighted by Gasteiger charge is -2.33. The molecule has 3 heterocycles. The SMILES string of the molecule is O=C(Cn1nc2ccccc2n1)N1CCOCC(O)(CN2CCCC2)C1. The Kier molecular flexibility index (Phi) is 4.88. The van der Waals surface area contributed by atoms with E-state index in [1.807, 2.05) is 24.3 Å². The molecule has 1 atom stereocenters. The number of hydrogen-bond donors (Lipinski definition) is 1. The normalized spacial score (nSPS) is 24.9. The highest BCUT2D eigenvalue weighted by atomic mass is 16.5. The number of likely N-dealkylation sites (tertiary alicyclic amines) is 1. The molecule has 140 valence electrons. The number of fused-ring (bicyclic) bond motifs is 1. The van der Waals surface area contributed by atoms with Crippen molar-refractivity contribution >= 4 is 16.9 Å². The first-order chi connectivity index (χ1) is 12.6. The summed E-state index contributed by atoms with van der Waals surface area (Å²) < 4.78 is 5.59. The number of nitrogens with zero attached hydrogens (tertiary/aromatic N) is 5. The lowest BCUT2D eigenvalue weighted by atomic mass is 10.0. The van der Waals surface area contributed by atoms with Crippen LogP contribution in [0.3, 0.4) is 0 Å². The van der Waals surface area contributed by atoms with Gasteiger partial charge in [-0.1, -0.05) is 12.1 Å². The summed E-state index contributed by atoms with van der Waals surface area (Å²) in [5, 5.41) is 19.7. The van der Waals surface area contributed by atoms with E-state index >= 15 is 0 Å². The quantitative estimate of drug-likeness (QED) is 0.835.